The first-order chi connectivity index (χ1) is 12.2. The summed E-state index contributed by atoms with van der Waals surface area (Å²) in [6.07, 6.45) is 6.27. The number of benzene rings is 2. The summed E-state index contributed by atoms with van der Waals surface area (Å²) >= 11 is 0. The lowest BCUT2D eigenvalue weighted by atomic mass is 10.1. The van der Waals surface area contributed by atoms with Gasteiger partial charge in [-0.15, -0.1) is 0 Å². The lowest BCUT2D eigenvalue weighted by molar-refractivity contribution is -0.116. The van der Waals surface area contributed by atoms with Gasteiger partial charge in [0.15, 0.2) is 0 Å². The number of carbonyl (C=O) groups is 1. The molecule has 0 bridgehead atoms. The number of anilines is 2. The van der Waals surface area contributed by atoms with Crippen LogP contribution in [0.1, 0.15) is 43.2 Å². The number of amides is 1. The third-order valence-corrected chi connectivity index (χ3v) is 4.86. The third kappa shape index (κ3) is 5.35. The van der Waals surface area contributed by atoms with Crippen LogP contribution in [0.2, 0.25) is 0 Å². The van der Waals surface area contributed by atoms with Gasteiger partial charge in [0.2, 0.25) is 5.91 Å². The number of rotatable bonds is 6. The number of hydrogen-bond donors (Lipinski definition) is 1. The van der Waals surface area contributed by atoms with Crippen molar-refractivity contribution in [1.29, 1.82) is 0 Å². The highest BCUT2D eigenvalue weighted by Crippen LogP contribution is 2.22. The minimum Gasteiger partial charge on any atom is -0.372 e. The number of carbonyl (C=O) groups excluding carboxylic acids is 1. The van der Waals surface area contributed by atoms with Crippen molar-refractivity contribution in [3.05, 3.63) is 59.7 Å². The Kier molecular flexibility index (Phi) is 6.10. The average molecular weight is 336 g/mol. The highest BCUT2D eigenvalue weighted by atomic mass is 16.1. The molecule has 25 heavy (non-hydrogen) atoms. The molecule has 3 heteroatoms. The van der Waals surface area contributed by atoms with Crippen molar-refractivity contribution in [2.75, 3.05) is 23.3 Å². The SMILES string of the molecule is Cc1ccc(CCCC(=O)Nc2ccc(N3CCCCC3)cc2)cc1. The van der Waals surface area contributed by atoms with Gasteiger partial charge in [0.25, 0.3) is 0 Å². The second kappa shape index (κ2) is 8.70. The number of nitrogens with one attached hydrogen (secondary N) is 1. The molecule has 1 saturated heterocycles. The Balaban J connectivity index is 1.43. The Morgan fingerprint density at radius 1 is 0.960 bits per heavy atom. The molecule has 3 rings (SSSR count). The maximum Gasteiger partial charge on any atom is 0.224 e. The van der Waals surface area contributed by atoms with Crippen molar-refractivity contribution in [1.82, 2.24) is 0 Å². The van der Waals surface area contributed by atoms with Crippen LogP contribution in [0.3, 0.4) is 0 Å². The summed E-state index contributed by atoms with van der Waals surface area (Å²) in [7, 11) is 0. The van der Waals surface area contributed by atoms with Crippen LogP contribution in [0.15, 0.2) is 48.5 Å². The van der Waals surface area contributed by atoms with E-state index < -0.39 is 0 Å². The molecule has 1 N–H and O–H groups in total. The summed E-state index contributed by atoms with van der Waals surface area (Å²) in [5.74, 6) is 0.0952. The van der Waals surface area contributed by atoms with Crippen LogP contribution < -0.4 is 10.2 Å². The molecular weight excluding hydrogens is 308 g/mol. The van der Waals surface area contributed by atoms with Crippen LogP contribution in [0.4, 0.5) is 11.4 Å². The Morgan fingerprint density at radius 2 is 1.64 bits per heavy atom. The highest BCUT2D eigenvalue weighted by Gasteiger charge is 2.10. The molecule has 0 atom stereocenters. The lowest BCUT2D eigenvalue weighted by Crippen LogP contribution is -2.29. The van der Waals surface area contributed by atoms with E-state index in [4.69, 9.17) is 0 Å². The van der Waals surface area contributed by atoms with E-state index in [1.165, 1.54) is 36.1 Å². The summed E-state index contributed by atoms with van der Waals surface area (Å²) in [6, 6.07) is 16.8. The molecule has 2 aromatic carbocycles. The Bertz CT molecular complexity index is 670. The van der Waals surface area contributed by atoms with Gasteiger partial charge in [-0.3, -0.25) is 4.79 Å². The van der Waals surface area contributed by atoms with Crippen molar-refractivity contribution in [2.45, 2.75) is 45.4 Å². The van der Waals surface area contributed by atoms with E-state index in [1.54, 1.807) is 0 Å². The highest BCUT2D eigenvalue weighted by molar-refractivity contribution is 5.90. The average Bonchev–Trinajstić information content (AvgIpc) is 2.65. The van der Waals surface area contributed by atoms with Crippen molar-refractivity contribution in [2.24, 2.45) is 0 Å². The van der Waals surface area contributed by atoms with Crippen molar-refractivity contribution < 1.29 is 4.79 Å². The van der Waals surface area contributed by atoms with Gasteiger partial charge in [-0.05, 0) is 68.9 Å². The first-order valence-corrected chi connectivity index (χ1v) is 9.41. The molecule has 0 unspecified atom stereocenters. The van der Waals surface area contributed by atoms with Crippen LogP contribution in [0.25, 0.3) is 0 Å². The van der Waals surface area contributed by atoms with Gasteiger partial charge in [-0.1, -0.05) is 29.8 Å². The van der Waals surface area contributed by atoms with Crippen LogP contribution in [0.5, 0.6) is 0 Å². The first-order valence-electron chi connectivity index (χ1n) is 9.41. The van der Waals surface area contributed by atoms with E-state index in [0.29, 0.717) is 6.42 Å². The molecule has 2 aromatic rings. The van der Waals surface area contributed by atoms with Gasteiger partial charge < -0.3 is 10.2 Å². The summed E-state index contributed by atoms with van der Waals surface area (Å²) in [5.41, 5.74) is 4.72. The summed E-state index contributed by atoms with van der Waals surface area (Å²) in [6.45, 7) is 4.38. The molecule has 0 spiro atoms. The van der Waals surface area contributed by atoms with Gasteiger partial charge in [0.05, 0.1) is 0 Å². The summed E-state index contributed by atoms with van der Waals surface area (Å²) in [5, 5.41) is 3.01. The molecule has 1 amide bonds. The fourth-order valence-electron chi connectivity index (χ4n) is 3.34. The number of aryl methyl sites for hydroxylation is 2. The second-order valence-electron chi connectivity index (χ2n) is 6.98. The summed E-state index contributed by atoms with van der Waals surface area (Å²) in [4.78, 5) is 14.5. The normalized spacial score (nSPS) is 14.4. The quantitative estimate of drug-likeness (QED) is 0.810. The third-order valence-electron chi connectivity index (χ3n) is 4.86. The molecule has 1 fully saturated rings. The minimum absolute atomic E-state index is 0.0952. The number of nitrogens with zero attached hydrogens (tertiary/aromatic N) is 1. The molecule has 0 radical (unpaired) electrons. The van der Waals surface area contributed by atoms with E-state index in [-0.39, 0.29) is 5.91 Å². The van der Waals surface area contributed by atoms with Gasteiger partial charge in [-0.2, -0.15) is 0 Å². The maximum atomic E-state index is 12.1. The molecule has 1 aliphatic rings. The zero-order valence-corrected chi connectivity index (χ0v) is 15.1. The fourth-order valence-corrected chi connectivity index (χ4v) is 3.34. The second-order valence-corrected chi connectivity index (χ2v) is 6.98. The largest absolute Gasteiger partial charge is 0.372 e. The molecule has 132 valence electrons. The molecule has 0 saturated carbocycles. The molecular formula is C22H28N2O. The smallest absolute Gasteiger partial charge is 0.224 e. The zero-order chi connectivity index (χ0) is 17.5. The molecule has 0 aromatic heterocycles. The molecule has 1 aliphatic heterocycles. The topological polar surface area (TPSA) is 32.3 Å². The molecule has 3 nitrogen and oxygen atoms in total. The lowest BCUT2D eigenvalue weighted by Gasteiger charge is -2.28. The predicted molar refractivity (Wildman–Crippen MR) is 105 cm³/mol. The summed E-state index contributed by atoms with van der Waals surface area (Å²) < 4.78 is 0. The van der Waals surface area contributed by atoms with Crippen LogP contribution >= 0.6 is 0 Å². The van der Waals surface area contributed by atoms with Gasteiger partial charge in [0.1, 0.15) is 0 Å². The minimum atomic E-state index is 0.0952. The predicted octanol–water partition coefficient (Wildman–Crippen LogP) is 4.95. The van der Waals surface area contributed by atoms with E-state index >= 15 is 0 Å². The van der Waals surface area contributed by atoms with Crippen LogP contribution in [0, 0.1) is 6.92 Å². The fraction of sp³-hybridized carbons (Fsp3) is 0.409. The van der Waals surface area contributed by atoms with Crippen LogP contribution in [-0.2, 0) is 11.2 Å². The van der Waals surface area contributed by atoms with Gasteiger partial charge in [0, 0.05) is 30.9 Å². The molecule has 0 aliphatic carbocycles. The maximum absolute atomic E-state index is 12.1. The standard InChI is InChI=1S/C22H28N2O/c1-18-8-10-19(11-9-18)6-5-7-22(25)23-20-12-14-21(15-13-20)24-16-3-2-4-17-24/h8-15H,2-7,16-17H2,1H3,(H,23,25). The van der Waals surface area contributed by atoms with Gasteiger partial charge in [-0.25, -0.2) is 0 Å². The van der Waals surface area contributed by atoms with Crippen molar-refractivity contribution >= 4 is 17.3 Å². The first kappa shape index (κ1) is 17.5. The van der Waals surface area contributed by atoms with E-state index in [9.17, 15) is 4.79 Å². The number of piperidine rings is 1. The number of hydrogen-bond acceptors (Lipinski definition) is 2. The zero-order valence-electron chi connectivity index (χ0n) is 15.1. The Morgan fingerprint density at radius 3 is 2.32 bits per heavy atom. The Labute approximate surface area is 151 Å². The monoisotopic (exact) mass is 336 g/mol. The Hall–Kier alpha value is -2.29. The van der Waals surface area contributed by atoms with E-state index in [0.717, 1.165) is 31.6 Å². The van der Waals surface area contributed by atoms with Gasteiger partial charge >= 0.3 is 0 Å². The van der Waals surface area contributed by atoms with Crippen molar-refractivity contribution in [3.8, 4) is 0 Å². The van der Waals surface area contributed by atoms with Crippen LogP contribution in [-0.4, -0.2) is 19.0 Å². The van der Waals surface area contributed by atoms with Crippen molar-refractivity contribution in [3.63, 3.8) is 0 Å². The van der Waals surface area contributed by atoms with E-state index in [1.807, 2.05) is 12.1 Å². The van der Waals surface area contributed by atoms with E-state index in [2.05, 4.69) is 53.5 Å². The molecule has 1 heterocycles.